The number of thiocarbonyl (C=S) groups is 1. The van der Waals surface area contributed by atoms with E-state index in [9.17, 15) is 4.39 Å². The van der Waals surface area contributed by atoms with Crippen LogP contribution in [-0.4, -0.2) is 5.11 Å². The number of benzene rings is 2. The highest BCUT2D eigenvalue weighted by Crippen LogP contribution is 2.27. The van der Waals surface area contributed by atoms with Crippen LogP contribution in [-0.2, 0) is 0 Å². The third-order valence-corrected chi connectivity index (χ3v) is 2.42. The topological polar surface area (TPSA) is 38.0 Å². The summed E-state index contributed by atoms with van der Waals surface area (Å²) in [5.41, 5.74) is 7.86. The Hall–Kier alpha value is -1.94. The van der Waals surface area contributed by atoms with E-state index in [1.54, 1.807) is 6.07 Å². The largest absolute Gasteiger partial charge is 0.376 e. The molecule has 0 amide bonds. The average molecular weight is 246 g/mol. The Bertz CT molecular complexity index is 555. The molecule has 0 aliphatic carbocycles. The molecular formula is C13H11FN2S. The number of nitrogens with two attached hydrogens (primary N) is 1. The number of para-hydroxylation sites is 1. The zero-order valence-corrected chi connectivity index (χ0v) is 9.80. The van der Waals surface area contributed by atoms with E-state index in [1.165, 1.54) is 12.1 Å². The number of hydrogen-bond acceptors (Lipinski definition) is 1. The van der Waals surface area contributed by atoms with Crippen molar-refractivity contribution in [1.29, 1.82) is 0 Å². The third kappa shape index (κ3) is 2.79. The third-order valence-electron chi connectivity index (χ3n) is 2.32. The first kappa shape index (κ1) is 11.5. The monoisotopic (exact) mass is 246 g/mol. The van der Waals surface area contributed by atoms with Crippen molar-refractivity contribution in [3.63, 3.8) is 0 Å². The van der Waals surface area contributed by atoms with Gasteiger partial charge in [-0.05, 0) is 36.0 Å². The molecule has 0 radical (unpaired) electrons. The van der Waals surface area contributed by atoms with E-state index in [1.807, 2.05) is 30.3 Å². The summed E-state index contributed by atoms with van der Waals surface area (Å²) in [5.74, 6) is -0.271. The lowest BCUT2D eigenvalue weighted by atomic mass is 10.0. The van der Waals surface area contributed by atoms with Gasteiger partial charge in [0, 0.05) is 11.3 Å². The van der Waals surface area contributed by atoms with Crippen LogP contribution >= 0.6 is 12.2 Å². The summed E-state index contributed by atoms with van der Waals surface area (Å²) in [4.78, 5) is 0. The van der Waals surface area contributed by atoms with Gasteiger partial charge in [-0.2, -0.15) is 0 Å². The van der Waals surface area contributed by atoms with Crippen molar-refractivity contribution < 1.29 is 4.39 Å². The Morgan fingerprint density at radius 3 is 2.59 bits per heavy atom. The number of halogens is 1. The van der Waals surface area contributed by atoms with E-state index < -0.39 is 0 Å². The minimum Gasteiger partial charge on any atom is -0.376 e. The van der Waals surface area contributed by atoms with Crippen LogP contribution in [0.25, 0.3) is 11.1 Å². The molecule has 3 N–H and O–H groups in total. The van der Waals surface area contributed by atoms with Crippen molar-refractivity contribution in [3.05, 3.63) is 54.3 Å². The van der Waals surface area contributed by atoms with Crippen molar-refractivity contribution in [2.45, 2.75) is 0 Å². The maximum atomic E-state index is 13.2. The quantitative estimate of drug-likeness (QED) is 0.799. The second kappa shape index (κ2) is 4.93. The first-order valence-corrected chi connectivity index (χ1v) is 5.49. The van der Waals surface area contributed by atoms with Crippen LogP contribution in [0.2, 0.25) is 0 Å². The van der Waals surface area contributed by atoms with Gasteiger partial charge < -0.3 is 11.1 Å². The van der Waals surface area contributed by atoms with Gasteiger partial charge in [0.1, 0.15) is 5.82 Å². The van der Waals surface area contributed by atoms with Crippen molar-refractivity contribution >= 4 is 23.0 Å². The zero-order valence-electron chi connectivity index (χ0n) is 8.98. The lowest BCUT2D eigenvalue weighted by Crippen LogP contribution is -2.19. The summed E-state index contributed by atoms with van der Waals surface area (Å²) in [5, 5.41) is 3.07. The Kier molecular flexibility index (Phi) is 3.35. The molecule has 0 spiro atoms. The standard InChI is InChI=1S/C13H11FN2S/c14-10-5-3-4-9(8-10)11-6-1-2-7-12(11)16-13(15)17/h1-8H,(H3,15,16,17). The van der Waals surface area contributed by atoms with Gasteiger partial charge in [0.25, 0.3) is 0 Å². The van der Waals surface area contributed by atoms with Crippen LogP contribution < -0.4 is 11.1 Å². The van der Waals surface area contributed by atoms with Crippen LogP contribution in [0.5, 0.6) is 0 Å². The molecule has 0 atom stereocenters. The fourth-order valence-corrected chi connectivity index (χ4v) is 1.74. The summed E-state index contributed by atoms with van der Waals surface area (Å²) in [6.07, 6.45) is 0. The van der Waals surface area contributed by atoms with Gasteiger partial charge in [0.05, 0.1) is 0 Å². The predicted molar refractivity (Wildman–Crippen MR) is 72.2 cm³/mol. The molecule has 86 valence electrons. The second-order valence-corrected chi connectivity index (χ2v) is 3.99. The molecule has 0 saturated carbocycles. The van der Waals surface area contributed by atoms with Crippen LogP contribution in [0.4, 0.5) is 10.1 Å². The van der Waals surface area contributed by atoms with Crippen LogP contribution in [0.1, 0.15) is 0 Å². The molecular weight excluding hydrogens is 235 g/mol. The van der Waals surface area contributed by atoms with E-state index in [0.717, 1.165) is 16.8 Å². The molecule has 17 heavy (non-hydrogen) atoms. The number of anilines is 1. The molecule has 2 aromatic carbocycles. The normalized spacial score (nSPS) is 9.94. The van der Waals surface area contributed by atoms with Crippen LogP contribution in [0.15, 0.2) is 48.5 Å². The van der Waals surface area contributed by atoms with E-state index in [4.69, 9.17) is 18.0 Å². The summed E-state index contributed by atoms with van der Waals surface area (Å²) in [7, 11) is 0. The van der Waals surface area contributed by atoms with Gasteiger partial charge in [-0.15, -0.1) is 0 Å². The zero-order chi connectivity index (χ0) is 12.3. The van der Waals surface area contributed by atoms with E-state index in [0.29, 0.717) is 0 Å². The summed E-state index contributed by atoms with van der Waals surface area (Å²) in [6, 6.07) is 13.9. The highest BCUT2D eigenvalue weighted by molar-refractivity contribution is 7.80. The molecule has 0 aliphatic rings. The van der Waals surface area contributed by atoms with Gasteiger partial charge in [0.15, 0.2) is 5.11 Å². The molecule has 2 aromatic rings. The number of rotatable bonds is 2. The highest BCUT2D eigenvalue weighted by Gasteiger charge is 2.05. The Labute approximate surface area is 104 Å². The second-order valence-electron chi connectivity index (χ2n) is 3.55. The molecule has 2 rings (SSSR count). The van der Waals surface area contributed by atoms with Crippen molar-refractivity contribution in [1.82, 2.24) is 0 Å². The van der Waals surface area contributed by atoms with Crippen LogP contribution in [0, 0.1) is 5.82 Å². The molecule has 4 heteroatoms. The lowest BCUT2D eigenvalue weighted by Gasteiger charge is -2.10. The summed E-state index contributed by atoms with van der Waals surface area (Å²) in [6.45, 7) is 0. The Morgan fingerprint density at radius 1 is 1.12 bits per heavy atom. The number of nitrogens with one attached hydrogen (secondary N) is 1. The van der Waals surface area contributed by atoms with Gasteiger partial charge >= 0.3 is 0 Å². The van der Waals surface area contributed by atoms with Gasteiger partial charge in [-0.25, -0.2) is 4.39 Å². The maximum absolute atomic E-state index is 13.2. The van der Waals surface area contributed by atoms with Gasteiger partial charge in [-0.3, -0.25) is 0 Å². The first-order valence-electron chi connectivity index (χ1n) is 5.08. The highest BCUT2D eigenvalue weighted by atomic mass is 32.1. The average Bonchev–Trinajstić information content (AvgIpc) is 2.29. The molecule has 0 fully saturated rings. The minimum absolute atomic E-state index is 0.189. The van der Waals surface area contributed by atoms with Crippen LogP contribution in [0.3, 0.4) is 0 Å². The fraction of sp³-hybridized carbons (Fsp3) is 0. The summed E-state index contributed by atoms with van der Waals surface area (Å²) >= 11 is 4.81. The molecule has 0 heterocycles. The fourth-order valence-electron chi connectivity index (χ4n) is 1.63. The number of hydrogen-bond donors (Lipinski definition) is 2. The molecule has 0 bridgehead atoms. The minimum atomic E-state index is -0.271. The van der Waals surface area contributed by atoms with Crippen molar-refractivity contribution in [2.75, 3.05) is 5.32 Å². The van der Waals surface area contributed by atoms with E-state index in [-0.39, 0.29) is 10.9 Å². The summed E-state index contributed by atoms with van der Waals surface area (Å²) < 4.78 is 13.2. The Morgan fingerprint density at radius 2 is 1.88 bits per heavy atom. The maximum Gasteiger partial charge on any atom is 0.168 e. The predicted octanol–water partition coefficient (Wildman–Crippen LogP) is 3.15. The smallest absolute Gasteiger partial charge is 0.168 e. The SMILES string of the molecule is NC(=S)Nc1ccccc1-c1cccc(F)c1. The lowest BCUT2D eigenvalue weighted by molar-refractivity contribution is 0.628. The molecule has 0 saturated heterocycles. The van der Waals surface area contributed by atoms with E-state index >= 15 is 0 Å². The Balaban J connectivity index is 2.47. The molecule has 0 unspecified atom stereocenters. The molecule has 2 nitrogen and oxygen atoms in total. The van der Waals surface area contributed by atoms with Gasteiger partial charge in [0.2, 0.25) is 0 Å². The van der Waals surface area contributed by atoms with E-state index in [2.05, 4.69) is 5.32 Å². The van der Waals surface area contributed by atoms with Gasteiger partial charge in [-0.1, -0.05) is 30.3 Å². The van der Waals surface area contributed by atoms with Crippen molar-refractivity contribution in [2.24, 2.45) is 5.73 Å². The molecule has 0 aliphatic heterocycles. The first-order chi connectivity index (χ1) is 8.16. The molecule has 0 aromatic heterocycles. The van der Waals surface area contributed by atoms with Crippen molar-refractivity contribution in [3.8, 4) is 11.1 Å².